The number of aromatic nitrogens is 3. The van der Waals surface area contributed by atoms with Crippen LogP contribution in [0.15, 0.2) is 72.8 Å². The fraction of sp³-hybridized carbons (Fsp3) is 0.208. The Morgan fingerprint density at radius 3 is 2.03 bits per heavy atom. The molecule has 0 bridgehead atoms. The molecule has 1 N–H and O–H groups in total. The van der Waals surface area contributed by atoms with Gasteiger partial charge in [-0.3, -0.25) is 4.79 Å². The Balaban J connectivity index is 1.49. The second kappa shape index (κ2) is 9.50. The highest BCUT2D eigenvalue weighted by Crippen LogP contribution is 2.26. The molecule has 0 aliphatic carbocycles. The van der Waals surface area contributed by atoms with E-state index < -0.39 is 0 Å². The van der Waals surface area contributed by atoms with Gasteiger partial charge in [0.15, 0.2) is 0 Å². The van der Waals surface area contributed by atoms with E-state index >= 15 is 0 Å². The van der Waals surface area contributed by atoms with Crippen LogP contribution in [0, 0.1) is 0 Å². The van der Waals surface area contributed by atoms with Crippen molar-refractivity contribution in [3.63, 3.8) is 0 Å². The predicted molar refractivity (Wildman–Crippen MR) is 124 cm³/mol. The summed E-state index contributed by atoms with van der Waals surface area (Å²) >= 11 is 12.1. The summed E-state index contributed by atoms with van der Waals surface area (Å²) in [5.74, 6) is -0.0741. The Morgan fingerprint density at radius 2 is 1.45 bits per heavy atom. The number of carbonyl (C=O) groups is 1. The summed E-state index contributed by atoms with van der Waals surface area (Å²) in [5.41, 5.74) is 3.79. The molecule has 4 aromatic rings. The number of hydrogen-bond donors (Lipinski definition) is 1. The van der Waals surface area contributed by atoms with Crippen molar-refractivity contribution in [1.29, 1.82) is 0 Å². The van der Waals surface area contributed by atoms with Gasteiger partial charge < -0.3 is 5.32 Å². The molecule has 0 spiro atoms. The lowest BCUT2D eigenvalue weighted by molar-refractivity contribution is -0.122. The van der Waals surface area contributed by atoms with Crippen LogP contribution in [-0.2, 0) is 17.8 Å². The lowest BCUT2D eigenvalue weighted by Gasteiger charge is -2.26. The molecule has 1 aromatic heterocycles. The summed E-state index contributed by atoms with van der Waals surface area (Å²) < 4.78 is 0. The zero-order valence-electron chi connectivity index (χ0n) is 17.0. The van der Waals surface area contributed by atoms with E-state index in [1.54, 1.807) is 0 Å². The Morgan fingerprint density at radius 1 is 0.903 bits per heavy atom. The molecule has 1 heterocycles. The van der Waals surface area contributed by atoms with Crippen molar-refractivity contribution < 1.29 is 4.79 Å². The Bertz CT molecular complexity index is 1140. The van der Waals surface area contributed by atoms with Gasteiger partial charge in [-0.1, -0.05) is 59.6 Å². The number of halogens is 2. The van der Waals surface area contributed by atoms with Gasteiger partial charge in [0, 0.05) is 22.0 Å². The molecule has 158 valence electrons. The van der Waals surface area contributed by atoms with Crippen molar-refractivity contribution in [2.24, 2.45) is 0 Å². The Kier molecular flexibility index (Phi) is 6.54. The quantitative estimate of drug-likeness (QED) is 0.415. The molecule has 0 saturated carbocycles. The second-order valence-electron chi connectivity index (χ2n) is 7.56. The third-order valence-corrected chi connectivity index (χ3v) is 5.78. The number of rotatable bonds is 7. The van der Waals surface area contributed by atoms with Crippen LogP contribution in [0.4, 0.5) is 0 Å². The van der Waals surface area contributed by atoms with Crippen molar-refractivity contribution in [3.05, 3.63) is 94.0 Å². The maximum atomic E-state index is 12.7. The minimum atomic E-state index is -0.136. The van der Waals surface area contributed by atoms with E-state index in [1.165, 1.54) is 4.80 Å². The number of amides is 1. The lowest BCUT2D eigenvalue weighted by Crippen LogP contribution is -2.40. The van der Waals surface area contributed by atoms with Gasteiger partial charge in [0.05, 0.1) is 0 Å². The molecule has 0 radical (unpaired) electrons. The average Bonchev–Trinajstić information content (AvgIpc) is 3.16. The van der Waals surface area contributed by atoms with E-state index in [-0.39, 0.29) is 24.4 Å². The van der Waals surface area contributed by atoms with Crippen molar-refractivity contribution >= 4 is 40.1 Å². The van der Waals surface area contributed by atoms with Crippen molar-refractivity contribution in [2.45, 2.75) is 31.8 Å². The summed E-state index contributed by atoms with van der Waals surface area (Å²) in [5, 5.41) is 13.2. The van der Waals surface area contributed by atoms with Gasteiger partial charge in [0.25, 0.3) is 0 Å². The van der Waals surface area contributed by atoms with Gasteiger partial charge in [0.2, 0.25) is 5.91 Å². The molecular weight excluding hydrogens is 431 g/mol. The summed E-state index contributed by atoms with van der Waals surface area (Å²) in [6, 6.07) is 23.0. The maximum absolute atomic E-state index is 12.7. The number of hydrogen-bond acceptors (Lipinski definition) is 3. The van der Waals surface area contributed by atoms with Gasteiger partial charge in [0.1, 0.15) is 17.6 Å². The highest BCUT2D eigenvalue weighted by molar-refractivity contribution is 6.30. The Hall–Kier alpha value is -2.89. The lowest BCUT2D eigenvalue weighted by atomic mass is 9.86. The predicted octanol–water partition coefficient (Wildman–Crippen LogP) is 5.27. The van der Waals surface area contributed by atoms with Gasteiger partial charge in [-0.2, -0.15) is 15.0 Å². The average molecular weight is 453 g/mol. The molecule has 0 aliphatic rings. The van der Waals surface area contributed by atoms with Crippen LogP contribution in [0.25, 0.3) is 11.0 Å². The van der Waals surface area contributed by atoms with Crippen molar-refractivity contribution in [1.82, 2.24) is 20.3 Å². The highest BCUT2D eigenvalue weighted by Gasteiger charge is 2.22. The van der Waals surface area contributed by atoms with E-state index in [0.717, 1.165) is 28.6 Å². The molecule has 4 rings (SSSR count). The molecule has 0 fully saturated rings. The molecule has 0 unspecified atom stereocenters. The molecule has 3 aromatic carbocycles. The zero-order valence-corrected chi connectivity index (χ0v) is 18.5. The third-order valence-electron chi connectivity index (χ3n) is 5.27. The number of nitrogens with zero attached hydrogens (tertiary/aromatic N) is 3. The van der Waals surface area contributed by atoms with Gasteiger partial charge in [-0.05, 0) is 60.9 Å². The van der Waals surface area contributed by atoms with Crippen LogP contribution >= 0.6 is 23.2 Å². The molecule has 2 atom stereocenters. The van der Waals surface area contributed by atoms with Crippen LogP contribution < -0.4 is 5.32 Å². The first-order chi connectivity index (χ1) is 15.0. The van der Waals surface area contributed by atoms with Gasteiger partial charge in [-0.25, -0.2) is 0 Å². The molecule has 0 aliphatic heterocycles. The number of benzene rings is 3. The van der Waals surface area contributed by atoms with Crippen LogP contribution in [0.5, 0.6) is 0 Å². The maximum Gasteiger partial charge on any atom is 0.243 e. The van der Waals surface area contributed by atoms with E-state index in [4.69, 9.17) is 23.2 Å². The van der Waals surface area contributed by atoms with E-state index in [0.29, 0.717) is 10.0 Å². The van der Waals surface area contributed by atoms with Crippen molar-refractivity contribution in [2.75, 3.05) is 0 Å². The minimum Gasteiger partial charge on any atom is -0.351 e. The van der Waals surface area contributed by atoms with E-state index in [1.807, 2.05) is 79.7 Å². The molecule has 31 heavy (non-hydrogen) atoms. The van der Waals surface area contributed by atoms with E-state index in [9.17, 15) is 4.79 Å². The van der Waals surface area contributed by atoms with E-state index in [2.05, 4.69) is 15.5 Å². The molecular formula is C24H22Cl2N4O. The summed E-state index contributed by atoms with van der Waals surface area (Å²) in [4.78, 5) is 14.2. The number of fused-ring (bicyclic) bond motifs is 1. The monoisotopic (exact) mass is 452 g/mol. The zero-order chi connectivity index (χ0) is 21.8. The first-order valence-electron chi connectivity index (χ1n) is 10.1. The smallest absolute Gasteiger partial charge is 0.243 e. The van der Waals surface area contributed by atoms with Gasteiger partial charge >= 0.3 is 0 Å². The number of carbonyl (C=O) groups excluding carboxylic acids is 1. The third kappa shape index (κ3) is 5.43. The van der Waals surface area contributed by atoms with Gasteiger partial charge in [-0.15, -0.1) is 0 Å². The largest absolute Gasteiger partial charge is 0.351 e. The van der Waals surface area contributed by atoms with Crippen LogP contribution in [-0.4, -0.2) is 26.9 Å². The fourth-order valence-corrected chi connectivity index (χ4v) is 3.92. The van der Waals surface area contributed by atoms with Crippen LogP contribution in [0.2, 0.25) is 10.0 Å². The number of nitrogens with one attached hydrogen (secondary N) is 1. The van der Waals surface area contributed by atoms with Crippen LogP contribution in [0.1, 0.15) is 24.0 Å². The summed E-state index contributed by atoms with van der Waals surface area (Å²) in [6.07, 6.45) is 0.754. The second-order valence-corrected chi connectivity index (χ2v) is 8.44. The molecule has 1 amide bonds. The molecule has 7 heteroatoms. The van der Waals surface area contributed by atoms with Crippen molar-refractivity contribution in [3.8, 4) is 0 Å². The minimum absolute atomic E-state index is 0.0621. The molecule has 0 saturated heterocycles. The first-order valence-corrected chi connectivity index (χ1v) is 10.8. The fourth-order valence-electron chi connectivity index (χ4n) is 3.67. The topological polar surface area (TPSA) is 59.8 Å². The molecule has 5 nitrogen and oxygen atoms in total. The summed E-state index contributed by atoms with van der Waals surface area (Å²) in [7, 11) is 0. The highest BCUT2D eigenvalue weighted by atomic mass is 35.5. The SMILES string of the molecule is C[C@@H](NC(=O)Cn1nc2ccccc2n1)[C@H](Cc1ccc(Cl)cc1)c1ccc(Cl)cc1. The van der Waals surface area contributed by atoms with Crippen LogP contribution in [0.3, 0.4) is 0 Å². The standard InChI is InChI=1S/C24H22Cl2N4O/c1-16(27-24(31)15-30-28-22-4-2-3-5-23(22)29-30)21(18-8-12-20(26)13-9-18)14-17-6-10-19(25)11-7-17/h2-13,16,21H,14-15H2,1H3,(H,27,31)/t16-,21+/m1/s1. The first kappa shape index (κ1) is 21.3. The normalized spacial score (nSPS) is 13.1. The summed E-state index contributed by atoms with van der Waals surface area (Å²) in [6.45, 7) is 2.08. The Labute approximate surface area is 191 Å².